The van der Waals surface area contributed by atoms with Crippen molar-refractivity contribution < 1.29 is 13.9 Å². The highest BCUT2D eigenvalue weighted by Crippen LogP contribution is 2.28. The van der Waals surface area contributed by atoms with Gasteiger partial charge in [-0.2, -0.15) is 5.26 Å². The third kappa shape index (κ3) is 5.14. The third-order valence-corrected chi connectivity index (χ3v) is 5.77. The van der Waals surface area contributed by atoms with Gasteiger partial charge < -0.3 is 15.0 Å². The Balaban J connectivity index is 1.61. The minimum Gasteiger partial charge on any atom is -0.442 e. The zero-order valence-electron chi connectivity index (χ0n) is 16.7. The van der Waals surface area contributed by atoms with Crippen molar-refractivity contribution in [3.8, 4) is 6.07 Å². The lowest BCUT2D eigenvalue weighted by atomic mass is 10.2. The minimum atomic E-state index is -0.482. The number of nitrogens with zero attached hydrogens (tertiary/aromatic N) is 4. The van der Waals surface area contributed by atoms with Gasteiger partial charge in [-0.05, 0) is 18.2 Å². The van der Waals surface area contributed by atoms with Crippen molar-refractivity contribution >= 4 is 34.7 Å². The molecule has 1 unspecified atom stereocenters. The number of amides is 1. The minimum absolute atomic E-state index is 0.224. The first kappa shape index (κ1) is 21.3. The number of nitriles is 1. The van der Waals surface area contributed by atoms with Crippen LogP contribution in [0.4, 0.5) is 20.6 Å². The Morgan fingerprint density at radius 2 is 2.10 bits per heavy atom. The summed E-state index contributed by atoms with van der Waals surface area (Å²) in [5, 5.41) is 11.9. The lowest BCUT2D eigenvalue weighted by Gasteiger charge is -2.35. The standard InChI is InChI=1S/C20H26FN5O2S/c1-14(2)19(29)23-12-16-13-26(20(27)28-16)15-3-4-18(17(21)11-15)25-9-7-24(6-5-22)8-10-25/h3-4,11,14,16H,6-10,12-13H2,1-2H3,(H,23,29). The fraction of sp³-hybridized carbons (Fsp3) is 0.550. The molecule has 0 aromatic heterocycles. The van der Waals surface area contributed by atoms with Crippen LogP contribution in [0.2, 0.25) is 0 Å². The molecule has 0 aliphatic carbocycles. The quantitative estimate of drug-likeness (QED) is 0.561. The second kappa shape index (κ2) is 9.37. The number of cyclic esters (lactones) is 1. The van der Waals surface area contributed by atoms with Crippen LogP contribution in [0.15, 0.2) is 18.2 Å². The molecule has 7 nitrogen and oxygen atoms in total. The highest BCUT2D eigenvalue weighted by molar-refractivity contribution is 7.80. The van der Waals surface area contributed by atoms with Crippen LogP contribution in [0.5, 0.6) is 0 Å². The molecule has 29 heavy (non-hydrogen) atoms. The number of halogens is 1. The molecule has 2 saturated heterocycles. The van der Waals surface area contributed by atoms with E-state index in [0.717, 1.165) is 18.1 Å². The van der Waals surface area contributed by atoms with Gasteiger partial charge in [0.25, 0.3) is 0 Å². The summed E-state index contributed by atoms with van der Waals surface area (Å²) in [7, 11) is 0. The average Bonchev–Trinajstić information content (AvgIpc) is 3.07. The molecule has 2 fully saturated rings. The van der Waals surface area contributed by atoms with E-state index < -0.39 is 6.09 Å². The van der Waals surface area contributed by atoms with Crippen LogP contribution in [0.25, 0.3) is 0 Å². The predicted octanol–water partition coefficient (Wildman–Crippen LogP) is 2.37. The van der Waals surface area contributed by atoms with Crippen molar-refractivity contribution in [3.63, 3.8) is 0 Å². The summed E-state index contributed by atoms with van der Waals surface area (Å²) in [4.78, 5) is 18.4. The van der Waals surface area contributed by atoms with Crippen molar-refractivity contribution in [3.05, 3.63) is 24.0 Å². The number of carbonyl (C=O) groups is 1. The van der Waals surface area contributed by atoms with Gasteiger partial charge in [0.05, 0.1) is 42.1 Å². The maximum atomic E-state index is 14.8. The number of ether oxygens (including phenoxy) is 1. The van der Waals surface area contributed by atoms with Crippen LogP contribution in [0.3, 0.4) is 0 Å². The number of rotatable bonds is 6. The summed E-state index contributed by atoms with van der Waals surface area (Å²) >= 11 is 5.24. The molecule has 0 bridgehead atoms. The van der Waals surface area contributed by atoms with Crippen molar-refractivity contribution in [1.82, 2.24) is 10.2 Å². The number of anilines is 2. The second-order valence-electron chi connectivity index (χ2n) is 7.57. The van der Waals surface area contributed by atoms with E-state index in [-0.39, 0.29) is 17.8 Å². The normalized spacial score (nSPS) is 20.0. The summed E-state index contributed by atoms with van der Waals surface area (Å²) in [6, 6.07) is 6.98. The predicted molar refractivity (Wildman–Crippen MR) is 114 cm³/mol. The zero-order chi connectivity index (χ0) is 21.0. The summed E-state index contributed by atoms with van der Waals surface area (Å²) in [6.07, 6.45) is -0.820. The number of nitrogens with one attached hydrogen (secondary N) is 1. The Kier molecular flexibility index (Phi) is 6.87. The van der Waals surface area contributed by atoms with E-state index in [0.29, 0.717) is 44.1 Å². The first-order chi connectivity index (χ1) is 13.9. The fourth-order valence-corrected chi connectivity index (χ4v) is 3.51. The molecule has 0 radical (unpaired) electrons. The molecule has 9 heteroatoms. The molecule has 0 spiro atoms. The Bertz CT molecular complexity index is 805. The van der Waals surface area contributed by atoms with E-state index in [9.17, 15) is 9.18 Å². The van der Waals surface area contributed by atoms with Crippen LogP contribution in [-0.4, -0.2) is 67.9 Å². The van der Waals surface area contributed by atoms with Crippen LogP contribution >= 0.6 is 12.2 Å². The van der Waals surface area contributed by atoms with Crippen LogP contribution in [0, 0.1) is 23.1 Å². The van der Waals surface area contributed by atoms with E-state index >= 15 is 0 Å². The first-order valence-corrected chi connectivity index (χ1v) is 10.2. The molecule has 1 aromatic rings. The van der Waals surface area contributed by atoms with E-state index in [2.05, 4.69) is 11.4 Å². The molecule has 1 aromatic carbocycles. The molecule has 1 atom stereocenters. The topological polar surface area (TPSA) is 71.8 Å². The van der Waals surface area contributed by atoms with E-state index in [4.69, 9.17) is 22.2 Å². The summed E-state index contributed by atoms with van der Waals surface area (Å²) in [6.45, 7) is 7.93. The molecule has 2 aliphatic rings. The van der Waals surface area contributed by atoms with Gasteiger partial charge in [0.1, 0.15) is 11.9 Å². The van der Waals surface area contributed by atoms with Crippen molar-refractivity contribution in [1.29, 1.82) is 5.26 Å². The summed E-state index contributed by atoms with van der Waals surface area (Å²) < 4.78 is 20.2. The van der Waals surface area contributed by atoms with Crippen LogP contribution < -0.4 is 15.1 Å². The van der Waals surface area contributed by atoms with Gasteiger partial charge in [0, 0.05) is 32.1 Å². The average molecular weight is 420 g/mol. The molecule has 3 rings (SSSR count). The largest absolute Gasteiger partial charge is 0.442 e. The van der Waals surface area contributed by atoms with Crippen molar-refractivity contribution in [2.24, 2.45) is 5.92 Å². The number of hydrogen-bond acceptors (Lipinski definition) is 6. The molecule has 2 aliphatic heterocycles. The van der Waals surface area contributed by atoms with Crippen molar-refractivity contribution in [2.45, 2.75) is 20.0 Å². The highest BCUT2D eigenvalue weighted by Gasteiger charge is 2.33. The highest BCUT2D eigenvalue weighted by atomic mass is 32.1. The second-order valence-corrected chi connectivity index (χ2v) is 8.01. The monoisotopic (exact) mass is 419 g/mol. The van der Waals surface area contributed by atoms with Gasteiger partial charge in [0.15, 0.2) is 0 Å². The molecule has 156 valence electrons. The number of hydrogen-bond donors (Lipinski definition) is 1. The Labute approximate surface area is 176 Å². The number of benzene rings is 1. The van der Waals surface area contributed by atoms with Crippen LogP contribution in [0.1, 0.15) is 13.8 Å². The molecular weight excluding hydrogens is 393 g/mol. The summed E-state index contributed by atoms with van der Waals surface area (Å²) in [5.41, 5.74) is 0.992. The number of thiocarbonyl (C=S) groups is 1. The first-order valence-electron chi connectivity index (χ1n) is 9.78. The molecule has 0 saturated carbocycles. The third-order valence-electron chi connectivity index (χ3n) is 5.15. The van der Waals surface area contributed by atoms with Gasteiger partial charge in [-0.25, -0.2) is 9.18 Å². The maximum Gasteiger partial charge on any atom is 0.414 e. The van der Waals surface area contributed by atoms with Crippen molar-refractivity contribution in [2.75, 3.05) is 55.6 Å². The summed E-state index contributed by atoms with van der Waals surface area (Å²) in [5.74, 6) is -0.145. The van der Waals surface area contributed by atoms with Gasteiger partial charge in [-0.15, -0.1) is 0 Å². The lowest BCUT2D eigenvalue weighted by Crippen LogP contribution is -2.46. The molecular formula is C20H26FN5O2S. The zero-order valence-corrected chi connectivity index (χ0v) is 17.5. The maximum absolute atomic E-state index is 14.8. The molecule has 1 N–H and O–H groups in total. The van der Waals surface area contributed by atoms with E-state index in [1.54, 1.807) is 12.1 Å². The Hall–Kier alpha value is -2.44. The SMILES string of the molecule is CC(C)C(=S)NCC1CN(c2ccc(N3CCN(CC#N)CC3)c(F)c2)C(=O)O1. The van der Waals surface area contributed by atoms with E-state index in [1.807, 2.05) is 23.6 Å². The van der Waals surface area contributed by atoms with Gasteiger partial charge in [-0.1, -0.05) is 26.1 Å². The molecule has 2 heterocycles. The van der Waals surface area contributed by atoms with Crippen LogP contribution in [-0.2, 0) is 4.74 Å². The van der Waals surface area contributed by atoms with E-state index in [1.165, 1.54) is 11.0 Å². The fourth-order valence-electron chi connectivity index (χ4n) is 3.42. The lowest BCUT2D eigenvalue weighted by molar-refractivity contribution is 0.143. The van der Waals surface area contributed by atoms with Gasteiger partial charge in [-0.3, -0.25) is 9.80 Å². The van der Waals surface area contributed by atoms with Gasteiger partial charge in [0.2, 0.25) is 0 Å². The van der Waals surface area contributed by atoms with Gasteiger partial charge >= 0.3 is 6.09 Å². The Morgan fingerprint density at radius 1 is 1.38 bits per heavy atom. The molecule has 1 amide bonds. The Morgan fingerprint density at radius 3 is 2.72 bits per heavy atom. The number of piperazine rings is 1. The smallest absolute Gasteiger partial charge is 0.414 e. The number of carbonyl (C=O) groups excluding carboxylic acids is 1.